The number of ether oxygens (including phenoxy) is 2. The SMILES string of the molecule is C=COC1([SiH3])CCCCO1. The van der Waals surface area contributed by atoms with Crippen LogP contribution in [0.5, 0.6) is 0 Å². The molecule has 1 fully saturated rings. The van der Waals surface area contributed by atoms with Crippen LogP contribution in [0.4, 0.5) is 0 Å². The maximum Gasteiger partial charge on any atom is 0.179 e. The van der Waals surface area contributed by atoms with Crippen molar-refractivity contribution in [2.75, 3.05) is 6.61 Å². The average Bonchev–Trinajstić information content (AvgIpc) is 1.89. The van der Waals surface area contributed by atoms with Gasteiger partial charge in [-0.05, 0) is 12.8 Å². The van der Waals surface area contributed by atoms with E-state index in [4.69, 9.17) is 9.47 Å². The van der Waals surface area contributed by atoms with E-state index in [1.165, 1.54) is 19.1 Å². The molecule has 0 aromatic heterocycles. The normalized spacial score (nSPS) is 33.6. The van der Waals surface area contributed by atoms with E-state index in [1.807, 2.05) is 0 Å². The largest absolute Gasteiger partial charge is 0.476 e. The van der Waals surface area contributed by atoms with Gasteiger partial charge in [0.15, 0.2) is 5.41 Å². The van der Waals surface area contributed by atoms with E-state index in [9.17, 15) is 0 Å². The fraction of sp³-hybridized carbons (Fsp3) is 0.714. The molecule has 0 N–H and O–H groups in total. The first kappa shape index (κ1) is 7.82. The molecule has 1 rings (SSSR count). The van der Waals surface area contributed by atoms with Gasteiger partial charge < -0.3 is 9.47 Å². The lowest BCUT2D eigenvalue weighted by Crippen LogP contribution is -2.38. The van der Waals surface area contributed by atoms with Gasteiger partial charge >= 0.3 is 0 Å². The van der Waals surface area contributed by atoms with E-state index in [-0.39, 0.29) is 5.41 Å². The van der Waals surface area contributed by atoms with Gasteiger partial charge in [0.1, 0.15) is 0 Å². The van der Waals surface area contributed by atoms with Gasteiger partial charge in [0.25, 0.3) is 0 Å². The van der Waals surface area contributed by atoms with Crippen LogP contribution in [0.2, 0.25) is 0 Å². The van der Waals surface area contributed by atoms with E-state index < -0.39 is 0 Å². The molecule has 1 heterocycles. The van der Waals surface area contributed by atoms with E-state index in [0.717, 1.165) is 23.3 Å². The molecule has 58 valence electrons. The Labute approximate surface area is 64.6 Å². The zero-order chi connectivity index (χ0) is 7.45. The molecule has 0 bridgehead atoms. The predicted molar refractivity (Wildman–Crippen MR) is 43.8 cm³/mol. The van der Waals surface area contributed by atoms with Crippen LogP contribution in [-0.2, 0) is 9.47 Å². The molecule has 0 saturated carbocycles. The lowest BCUT2D eigenvalue weighted by molar-refractivity contribution is -0.166. The summed E-state index contributed by atoms with van der Waals surface area (Å²) < 4.78 is 10.7. The summed E-state index contributed by atoms with van der Waals surface area (Å²) >= 11 is 0. The molecule has 2 nitrogen and oxygen atoms in total. The second-order valence-electron chi connectivity index (χ2n) is 2.72. The minimum atomic E-state index is -0.250. The zero-order valence-electron chi connectivity index (χ0n) is 6.43. The molecule has 1 saturated heterocycles. The molecule has 0 spiro atoms. The molecule has 10 heavy (non-hydrogen) atoms. The molecule has 1 aliphatic heterocycles. The highest BCUT2D eigenvalue weighted by atomic mass is 28.1. The third-order valence-corrected chi connectivity index (χ3v) is 2.79. The highest BCUT2D eigenvalue weighted by molar-refractivity contribution is 6.13. The van der Waals surface area contributed by atoms with Crippen LogP contribution in [0.3, 0.4) is 0 Å². The lowest BCUT2D eigenvalue weighted by Gasteiger charge is -2.32. The maximum atomic E-state index is 5.47. The molecule has 1 atom stereocenters. The van der Waals surface area contributed by atoms with E-state index in [2.05, 4.69) is 6.58 Å². The summed E-state index contributed by atoms with van der Waals surface area (Å²) in [6.07, 6.45) is 4.91. The summed E-state index contributed by atoms with van der Waals surface area (Å²) in [4.78, 5) is 0. The summed E-state index contributed by atoms with van der Waals surface area (Å²) in [5.41, 5.74) is -0.250. The zero-order valence-corrected chi connectivity index (χ0v) is 8.43. The third-order valence-electron chi connectivity index (χ3n) is 1.77. The van der Waals surface area contributed by atoms with E-state index >= 15 is 0 Å². The minimum Gasteiger partial charge on any atom is -0.476 e. The summed E-state index contributed by atoms with van der Waals surface area (Å²) in [7, 11) is 0.924. The Balaban J connectivity index is 2.39. The molecule has 0 aromatic carbocycles. The quantitative estimate of drug-likeness (QED) is 0.427. The summed E-state index contributed by atoms with van der Waals surface area (Å²) in [5.74, 6) is 0. The van der Waals surface area contributed by atoms with Crippen molar-refractivity contribution >= 4 is 10.2 Å². The molecule has 1 unspecified atom stereocenters. The lowest BCUT2D eigenvalue weighted by atomic mass is 10.2. The van der Waals surface area contributed by atoms with Crippen LogP contribution < -0.4 is 0 Å². The Morgan fingerprint density at radius 2 is 2.40 bits per heavy atom. The summed E-state index contributed by atoms with van der Waals surface area (Å²) in [6, 6.07) is 0. The molecule has 1 aliphatic rings. The van der Waals surface area contributed by atoms with Crippen molar-refractivity contribution in [3.05, 3.63) is 12.8 Å². The Bertz CT molecular complexity index is 119. The van der Waals surface area contributed by atoms with Gasteiger partial charge in [-0.15, -0.1) is 0 Å². The van der Waals surface area contributed by atoms with E-state index in [0.29, 0.717) is 0 Å². The van der Waals surface area contributed by atoms with Crippen LogP contribution in [0, 0.1) is 0 Å². The monoisotopic (exact) mass is 158 g/mol. The first-order valence-electron chi connectivity index (χ1n) is 3.69. The summed E-state index contributed by atoms with van der Waals surface area (Å²) in [6.45, 7) is 4.36. The topological polar surface area (TPSA) is 18.5 Å². The van der Waals surface area contributed by atoms with Crippen molar-refractivity contribution in [1.82, 2.24) is 0 Å². The average molecular weight is 158 g/mol. The molecule has 3 heteroatoms. The standard InChI is InChI=1S/C7H14O2Si/c1-2-8-7(10)5-3-4-6-9-7/h2H,1,3-6H2,10H3. The van der Waals surface area contributed by atoms with E-state index in [1.54, 1.807) is 0 Å². The highest BCUT2D eigenvalue weighted by Gasteiger charge is 2.27. The van der Waals surface area contributed by atoms with Crippen LogP contribution >= 0.6 is 0 Å². The Hall–Kier alpha value is -0.283. The van der Waals surface area contributed by atoms with Crippen LogP contribution in [0.1, 0.15) is 19.3 Å². The molecular formula is C7H14O2Si. The molecule has 0 aromatic rings. The van der Waals surface area contributed by atoms with Crippen LogP contribution in [0.25, 0.3) is 0 Å². The molecule has 0 aliphatic carbocycles. The van der Waals surface area contributed by atoms with Gasteiger partial charge in [0.2, 0.25) is 0 Å². The van der Waals surface area contributed by atoms with Gasteiger partial charge in [-0.1, -0.05) is 6.58 Å². The maximum absolute atomic E-state index is 5.47. The molecule has 0 radical (unpaired) electrons. The fourth-order valence-corrected chi connectivity index (χ4v) is 1.90. The first-order chi connectivity index (χ1) is 4.77. The number of hydrogen-bond acceptors (Lipinski definition) is 2. The second-order valence-corrected chi connectivity index (χ2v) is 4.25. The van der Waals surface area contributed by atoms with Crippen molar-refractivity contribution in [2.24, 2.45) is 0 Å². The summed E-state index contributed by atoms with van der Waals surface area (Å²) in [5, 5.41) is 0. The van der Waals surface area contributed by atoms with Crippen molar-refractivity contribution in [3.63, 3.8) is 0 Å². The minimum absolute atomic E-state index is 0.250. The Morgan fingerprint density at radius 1 is 1.60 bits per heavy atom. The predicted octanol–water partition coefficient (Wildman–Crippen LogP) is 0.366. The van der Waals surface area contributed by atoms with Crippen molar-refractivity contribution in [1.29, 1.82) is 0 Å². The second kappa shape index (κ2) is 3.21. The van der Waals surface area contributed by atoms with Gasteiger partial charge in [0.05, 0.1) is 23.1 Å². The molecular weight excluding hydrogens is 144 g/mol. The van der Waals surface area contributed by atoms with Gasteiger partial charge in [-0.2, -0.15) is 0 Å². The fourth-order valence-electron chi connectivity index (χ4n) is 1.18. The third kappa shape index (κ3) is 1.85. The first-order valence-corrected chi connectivity index (χ1v) is 4.69. The van der Waals surface area contributed by atoms with Crippen molar-refractivity contribution < 1.29 is 9.47 Å². The Kier molecular flexibility index (Phi) is 2.51. The van der Waals surface area contributed by atoms with Crippen molar-refractivity contribution in [2.45, 2.75) is 24.7 Å². The van der Waals surface area contributed by atoms with Crippen LogP contribution in [-0.4, -0.2) is 22.3 Å². The smallest absolute Gasteiger partial charge is 0.179 e. The number of hydrogen-bond donors (Lipinski definition) is 0. The molecule has 0 amide bonds. The van der Waals surface area contributed by atoms with Crippen molar-refractivity contribution in [3.8, 4) is 0 Å². The van der Waals surface area contributed by atoms with Gasteiger partial charge in [-0.3, -0.25) is 0 Å². The van der Waals surface area contributed by atoms with Gasteiger partial charge in [0, 0.05) is 6.42 Å². The van der Waals surface area contributed by atoms with Gasteiger partial charge in [-0.25, -0.2) is 0 Å². The van der Waals surface area contributed by atoms with Crippen LogP contribution in [0.15, 0.2) is 12.8 Å². The highest BCUT2D eigenvalue weighted by Crippen LogP contribution is 2.22. The number of rotatable bonds is 2. The Morgan fingerprint density at radius 3 is 2.90 bits per heavy atom.